The average molecular weight is 217 g/mol. The SMILES string of the molecule is Cc1ccsc1C(=O)Cc1ccncc1. The van der Waals surface area contributed by atoms with Crippen molar-refractivity contribution in [1.82, 2.24) is 4.98 Å². The Hall–Kier alpha value is -1.48. The lowest BCUT2D eigenvalue weighted by Gasteiger charge is -1.99. The van der Waals surface area contributed by atoms with Crippen LogP contribution in [0.1, 0.15) is 20.8 Å². The van der Waals surface area contributed by atoms with E-state index in [1.54, 1.807) is 12.4 Å². The van der Waals surface area contributed by atoms with E-state index in [1.807, 2.05) is 30.5 Å². The quantitative estimate of drug-likeness (QED) is 0.740. The summed E-state index contributed by atoms with van der Waals surface area (Å²) >= 11 is 1.51. The highest BCUT2D eigenvalue weighted by Crippen LogP contribution is 2.17. The Balaban J connectivity index is 2.15. The number of ketones is 1. The molecule has 15 heavy (non-hydrogen) atoms. The fraction of sp³-hybridized carbons (Fsp3) is 0.167. The minimum absolute atomic E-state index is 0.189. The fourth-order valence-corrected chi connectivity index (χ4v) is 2.29. The van der Waals surface area contributed by atoms with Crippen LogP contribution in [0.5, 0.6) is 0 Å². The van der Waals surface area contributed by atoms with Crippen molar-refractivity contribution in [1.29, 1.82) is 0 Å². The molecule has 0 bridgehead atoms. The Morgan fingerprint density at radius 2 is 2.07 bits per heavy atom. The number of aryl methyl sites for hydroxylation is 1. The zero-order chi connectivity index (χ0) is 10.7. The van der Waals surface area contributed by atoms with Crippen LogP contribution >= 0.6 is 11.3 Å². The van der Waals surface area contributed by atoms with Gasteiger partial charge >= 0.3 is 0 Å². The number of thiophene rings is 1. The molecule has 0 aliphatic heterocycles. The van der Waals surface area contributed by atoms with E-state index in [0.717, 1.165) is 16.0 Å². The summed E-state index contributed by atoms with van der Waals surface area (Å²) in [7, 11) is 0. The van der Waals surface area contributed by atoms with E-state index in [0.29, 0.717) is 6.42 Å². The molecule has 76 valence electrons. The van der Waals surface area contributed by atoms with Gasteiger partial charge in [0.1, 0.15) is 0 Å². The number of carbonyl (C=O) groups is 1. The van der Waals surface area contributed by atoms with Gasteiger partial charge in [-0.15, -0.1) is 11.3 Å². The van der Waals surface area contributed by atoms with E-state index in [2.05, 4.69) is 4.98 Å². The van der Waals surface area contributed by atoms with Crippen LogP contribution in [-0.2, 0) is 6.42 Å². The van der Waals surface area contributed by atoms with Crippen molar-refractivity contribution in [2.45, 2.75) is 13.3 Å². The topological polar surface area (TPSA) is 30.0 Å². The molecule has 0 saturated heterocycles. The maximum absolute atomic E-state index is 11.9. The van der Waals surface area contributed by atoms with E-state index >= 15 is 0 Å². The third kappa shape index (κ3) is 2.30. The number of hydrogen-bond acceptors (Lipinski definition) is 3. The lowest BCUT2D eigenvalue weighted by Crippen LogP contribution is -2.02. The van der Waals surface area contributed by atoms with Crippen LogP contribution < -0.4 is 0 Å². The van der Waals surface area contributed by atoms with Crippen LogP contribution in [0.4, 0.5) is 0 Å². The van der Waals surface area contributed by atoms with Gasteiger partial charge in [0.15, 0.2) is 5.78 Å². The molecule has 0 fully saturated rings. The van der Waals surface area contributed by atoms with Crippen molar-refractivity contribution in [3.8, 4) is 0 Å². The highest BCUT2D eigenvalue weighted by atomic mass is 32.1. The molecule has 0 amide bonds. The van der Waals surface area contributed by atoms with Gasteiger partial charge in [0.25, 0.3) is 0 Å². The molecule has 0 aliphatic rings. The van der Waals surface area contributed by atoms with E-state index in [-0.39, 0.29) is 5.78 Å². The van der Waals surface area contributed by atoms with Crippen LogP contribution in [0.2, 0.25) is 0 Å². The first-order valence-electron chi connectivity index (χ1n) is 4.73. The molecule has 2 rings (SSSR count). The zero-order valence-corrected chi connectivity index (χ0v) is 9.25. The summed E-state index contributed by atoms with van der Waals surface area (Å²) in [6.07, 6.45) is 3.89. The molecule has 0 spiro atoms. The highest BCUT2D eigenvalue weighted by molar-refractivity contribution is 7.12. The summed E-state index contributed by atoms with van der Waals surface area (Å²) < 4.78 is 0. The Morgan fingerprint density at radius 1 is 1.33 bits per heavy atom. The number of hydrogen-bond donors (Lipinski definition) is 0. The molecule has 0 saturated carbocycles. The van der Waals surface area contributed by atoms with Gasteiger partial charge in [0.05, 0.1) is 4.88 Å². The second kappa shape index (κ2) is 4.36. The normalized spacial score (nSPS) is 10.2. The molecule has 0 radical (unpaired) electrons. The molecule has 3 heteroatoms. The Morgan fingerprint density at radius 3 is 2.67 bits per heavy atom. The molecule has 2 nitrogen and oxygen atoms in total. The van der Waals surface area contributed by atoms with Gasteiger partial charge in [-0.05, 0) is 41.6 Å². The van der Waals surface area contributed by atoms with Crippen molar-refractivity contribution in [3.63, 3.8) is 0 Å². The Labute approximate surface area is 92.6 Å². The first kappa shape index (κ1) is 10.1. The number of Topliss-reactive ketones (excluding diaryl/α,β-unsaturated/α-hetero) is 1. The van der Waals surface area contributed by atoms with Crippen molar-refractivity contribution in [2.24, 2.45) is 0 Å². The smallest absolute Gasteiger partial charge is 0.177 e. The molecule has 2 aromatic rings. The van der Waals surface area contributed by atoms with Crippen LogP contribution in [0.25, 0.3) is 0 Å². The second-order valence-corrected chi connectivity index (χ2v) is 4.30. The van der Waals surface area contributed by atoms with Crippen LogP contribution in [-0.4, -0.2) is 10.8 Å². The molecular formula is C12H11NOS. The van der Waals surface area contributed by atoms with Gasteiger partial charge in [0.2, 0.25) is 0 Å². The molecule has 0 N–H and O–H groups in total. The number of aromatic nitrogens is 1. The molecular weight excluding hydrogens is 206 g/mol. The van der Waals surface area contributed by atoms with Gasteiger partial charge < -0.3 is 0 Å². The number of pyridine rings is 1. The van der Waals surface area contributed by atoms with Crippen LogP contribution in [0, 0.1) is 6.92 Å². The van der Waals surface area contributed by atoms with E-state index in [4.69, 9.17) is 0 Å². The molecule has 0 aliphatic carbocycles. The lowest BCUT2D eigenvalue weighted by atomic mass is 10.1. The van der Waals surface area contributed by atoms with Gasteiger partial charge in [-0.2, -0.15) is 0 Å². The lowest BCUT2D eigenvalue weighted by molar-refractivity contribution is 0.0996. The predicted molar refractivity (Wildman–Crippen MR) is 61.3 cm³/mol. The van der Waals surface area contributed by atoms with Crippen LogP contribution in [0.3, 0.4) is 0 Å². The zero-order valence-electron chi connectivity index (χ0n) is 8.43. The minimum Gasteiger partial charge on any atom is -0.293 e. The van der Waals surface area contributed by atoms with Crippen molar-refractivity contribution in [3.05, 3.63) is 52.0 Å². The second-order valence-electron chi connectivity index (χ2n) is 3.39. The molecule has 2 aromatic heterocycles. The van der Waals surface area contributed by atoms with Crippen molar-refractivity contribution in [2.75, 3.05) is 0 Å². The summed E-state index contributed by atoms with van der Waals surface area (Å²) in [4.78, 5) is 16.7. The van der Waals surface area contributed by atoms with Crippen LogP contribution in [0.15, 0.2) is 36.0 Å². The standard InChI is InChI=1S/C12H11NOS/c1-9-4-7-15-12(9)11(14)8-10-2-5-13-6-3-10/h2-7H,8H2,1H3. The Bertz CT molecular complexity index is 461. The summed E-state index contributed by atoms with van der Waals surface area (Å²) in [6.45, 7) is 1.97. The summed E-state index contributed by atoms with van der Waals surface area (Å²) in [5.41, 5.74) is 2.09. The first-order valence-corrected chi connectivity index (χ1v) is 5.61. The van der Waals surface area contributed by atoms with Crippen molar-refractivity contribution >= 4 is 17.1 Å². The van der Waals surface area contributed by atoms with Gasteiger partial charge in [-0.1, -0.05) is 0 Å². The third-order valence-electron chi connectivity index (χ3n) is 2.23. The minimum atomic E-state index is 0.189. The monoisotopic (exact) mass is 217 g/mol. The van der Waals surface area contributed by atoms with Gasteiger partial charge in [0, 0.05) is 18.8 Å². The predicted octanol–water partition coefficient (Wildman–Crippen LogP) is 2.88. The molecule has 0 unspecified atom stereocenters. The summed E-state index contributed by atoms with van der Waals surface area (Å²) in [6, 6.07) is 5.73. The van der Waals surface area contributed by atoms with Gasteiger partial charge in [-0.3, -0.25) is 9.78 Å². The number of carbonyl (C=O) groups excluding carboxylic acids is 1. The molecule has 2 heterocycles. The number of rotatable bonds is 3. The Kier molecular flexibility index (Phi) is 2.92. The maximum Gasteiger partial charge on any atom is 0.177 e. The fourth-order valence-electron chi connectivity index (χ4n) is 1.42. The van der Waals surface area contributed by atoms with E-state index in [9.17, 15) is 4.79 Å². The summed E-state index contributed by atoms with van der Waals surface area (Å²) in [5.74, 6) is 0.189. The molecule has 0 atom stereocenters. The number of nitrogens with zero attached hydrogens (tertiary/aromatic N) is 1. The largest absolute Gasteiger partial charge is 0.293 e. The first-order chi connectivity index (χ1) is 7.27. The molecule has 0 aromatic carbocycles. The van der Waals surface area contributed by atoms with E-state index in [1.165, 1.54) is 11.3 Å². The average Bonchev–Trinajstić information content (AvgIpc) is 2.66. The maximum atomic E-state index is 11.9. The van der Waals surface area contributed by atoms with Crippen molar-refractivity contribution < 1.29 is 4.79 Å². The third-order valence-corrected chi connectivity index (χ3v) is 3.29. The summed E-state index contributed by atoms with van der Waals surface area (Å²) in [5, 5.41) is 1.95. The highest BCUT2D eigenvalue weighted by Gasteiger charge is 2.10. The van der Waals surface area contributed by atoms with E-state index < -0.39 is 0 Å². The van der Waals surface area contributed by atoms with Gasteiger partial charge in [-0.25, -0.2) is 0 Å².